The molecule has 0 N–H and O–H groups in total. The zero-order chi connectivity index (χ0) is 19.1. The van der Waals surface area contributed by atoms with Gasteiger partial charge in [0.1, 0.15) is 0 Å². The third-order valence-electron chi connectivity index (χ3n) is 4.64. The molecule has 1 aromatic carbocycles. The second-order valence-corrected chi connectivity index (χ2v) is 6.65. The maximum absolute atomic E-state index is 12.4. The van der Waals surface area contributed by atoms with Crippen LogP contribution >= 0.6 is 0 Å². The lowest BCUT2D eigenvalue weighted by Crippen LogP contribution is -2.43. The van der Waals surface area contributed by atoms with Gasteiger partial charge in [0.05, 0.1) is 11.5 Å². The summed E-state index contributed by atoms with van der Waals surface area (Å²) in [5.74, 6) is 0.164. The fraction of sp³-hybridized carbons (Fsp3) is 0.526. The van der Waals surface area contributed by atoms with Gasteiger partial charge in [-0.15, -0.1) is 0 Å². The van der Waals surface area contributed by atoms with Crippen molar-refractivity contribution in [2.75, 3.05) is 33.8 Å². The number of hydrogen-bond acceptors (Lipinski definition) is 5. The number of carbonyl (C=O) groups is 1. The van der Waals surface area contributed by atoms with Gasteiger partial charge in [-0.3, -0.25) is 14.9 Å². The monoisotopic (exact) mass is 361 g/mol. The van der Waals surface area contributed by atoms with Gasteiger partial charge in [-0.05, 0) is 57.1 Å². The van der Waals surface area contributed by atoms with E-state index in [-0.39, 0.29) is 23.4 Å². The molecule has 1 aliphatic heterocycles. The topological polar surface area (TPSA) is 75.9 Å². The molecule has 0 saturated carbocycles. The first-order chi connectivity index (χ1) is 12.4. The normalized spacial score (nSPS) is 16.0. The van der Waals surface area contributed by atoms with E-state index in [9.17, 15) is 14.9 Å². The highest BCUT2D eigenvalue weighted by atomic mass is 16.6. The maximum atomic E-state index is 12.4. The van der Waals surface area contributed by atoms with E-state index in [1.54, 1.807) is 23.1 Å². The number of amides is 1. The number of likely N-dealkylation sites (N-methyl/N-ethyl adjacent to an activating group) is 1. The van der Waals surface area contributed by atoms with Crippen LogP contribution in [0.1, 0.15) is 31.7 Å². The summed E-state index contributed by atoms with van der Waals surface area (Å²) in [5, 5.41) is 11.2. The van der Waals surface area contributed by atoms with E-state index in [0.717, 1.165) is 32.4 Å². The quantitative estimate of drug-likeness (QED) is 0.424. The molecule has 142 valence electrons. The van der Waals surface area contributed by atoms with E-state index in [1.807, 2.05) is 14.0 Å². The lowest BCUT2D eigenvalue weighted by Gasteiger charge is -2.34. The third kappa shape index (κ3) is 5.29. The number of piperidine rings is 1. The summed E-state index contributed by atoms with van der Waals surface area (Å²) >= 11 is 0. The molecular weight excluding hydrogens is 334 g/mol. The van der Waals surface area contributed by atoms with Crippen LogP contribution < -0.4 is 4.74 Å². The van der Waals surface area contributed by atoms with Crippen molar-refractivity contribution >= 4 is 17.7 Å². The van der Waals surface area contributed by atoms with Gasteiger partial charge in [0, 0.05) is 25.2 Å². The summed E-state index contributed by atoms with van der Waals surface area (Å²) in [6.45, 7) is 4.33. The molecule has 0 aliphatic carbocycles. The van der Waals surface area contributed by atoms with Crippen molar-refractivity contribution in [3.05, 3.63) is 40.0 Å². The number of nitro groups is 1. The van der Waals surface area contributed by atoms with Crippen molar-refractivity contribution < 1.29 is 14.5 Å². The van der Waals surface area contributed by atoms with Crippen molar-refractivity contribution in [3.63, 3.8) is 0 Å². The van der Waals surface area contributed by atoms with E-state index in [4.69, 9.17) is 4.74 Å². The summed E-state index contributed by atoms with van der Waals surface area (Å²) in [5.41, 5.74) is 0.516. The highest BCUT2D eigenvalue weighted by molar-refractivity contribution is 5.92. The first-order valence-corrected chi connectivity index (χ1v) is 8.97. The molecular formula is C19H27N3O4. The van der Waals surface area contributed by atoms with E-state index in [2.05, 4.69) is 11.9 Å². The summed E-state index contributed by atoms with van der Waals surface area (Å²) in [7, 11) is 3.89. The summed E-state index contributed by atoms with van der Waals surface area (Å²) < 4.78 is 5.41. The van der Waals surface area contributed by atoms with Crippen LogP contribution in [0.2, 0.25) is 0 Å². The van der Waals surface area contributed by atoms with Gasteiger partial charge in [0.25, 0.3) is 0 Å². The van der Waals surface area contributed by atoms with Crippen LogP contribution in [0.5, 0.6) is 5.75 Å². The average molecular weight is 361 g/mol. The number of hydrogen-bond donors (Lipinski definition) is 0. The largest absolute Gasteiger partial charge is 0.487 e. The van der Waals surface area contributed by atoms with Gasteiger partial charge < -0.3 is 14.5 Å². The molecule has 1 amide bonds. The van der Waals surface area contributed by atoms with E-state index < -0.39 is 4.92 Å². The van der Waals surface area contributed by atoms with Crippen LogP contribution in [-0.2, 0) is 4.79 Å². The Kier molecular flexibility index (Phi) is 7.15. The van der Waals surface area contributed by atoms with Crippen LogP contribution in [0, 0.1) is 10.1 Å². The molecule has 0 unspecified atom stereocenters. The Morgan fingerprint density at radius 1 is 1.42 bits per heavy atom. The van der Waals surface area contributed by atoms with Crippen LogP contribution in [0.4, 0.5) is 5.69 Å². The number of benzene rings is 1. The van der Waals surface area contributed by atoms with E-state index >= 15 is 0 Å². The van der Waals surface area contributed by atoms with Gasteiger partial charge >= 0.3 is 5.69 Å². The van der Waals surface area contributed by atoms with E-state index in [0.29, 0.717) is 12.2 Å². The van der Waals surface area contributed by atoms with Crippen LogP contribution in [0.15, 0.2) is 24.3 Å². The number of carbonyl (C=O) groups excluding carboxylic acids is 1. The van der Waals surface area contributed by atoms with Crippen LogP contribution in [0.3, 0.4) is 0 Å². The highest BCUT2D eigenvalue weighted by Crippen LogP contribution is 2.28. The molecule has 1 fully saturated rings. The van der Waals surface area contributed by atoms with Crippen LogP contribution in [0.25, 0.3) is 6.08 Å². The number of nitrogens with zero attached hydrogens (tertiary/aromatic N) is 3. The first kappa shape index (κ1) is 19.9. The zero-order valence-electron chi connectivity index (χ0n) is 15.7. The number of ether oxygens (including phenoxy) is 1. The van der Waals surface area contributed by atoms with Crippen molar-refractivity contribution in [1.82, 2.24) is 9.80 Å². The average Bonchev–Trinajstić information content (AvgIpc) is 2.64. The Labute approximate surface area is 154 Å². The molecule has 0 aromatic heterocycles. The van der Waals surface area contributed by atoms with Crippen molar-refractivity contribution in [3.8, 4) is 5.75 Å². The standard InChI is InChI=1S/C19H27N3O4/c1-4-13-26-18-7-5-15(14-17(18)22(24)25)6-8-19(23)21(3)16-9-11-20(2)12-10-16/h5-8,14,16H,4,9-13H2,1-3H3/b8-6+. The minimum Gasteiger partial charge on any atom is -0.487 e. The number of likely N-dealkylation sites (tertiary alicyclic amines) is 1. The van der Waals surface area contributed by atoms with Gasteiger partial charge in [-0.2, -0.15) is 0 Å². The first-order valence-electron chi connectivity index (χ1n) is 8.97. The SMILES string of the molecule is CCCOc1ccc(/C=C/C(=O)N(C)C2CCN(C)CC2)cc1[N+](=O)[O-]. The second-order valence-electron chi connectivity index (χ2n) is 6.65. The molecule has 0 spiro atoms. The van der Waals surface area contributed by atoms with Crippen molar-refractivity contribution in [2.24, 2.45) is 0 Å². The molecule has 2 rings (SSSR count). The van der Waals surface area contributed by atoms with Crippen molar-refractivity contribution in [1.29, 1.82) is 0 Å². The van der Waals surface area contributed by atoms with Crippen molar-refractivity contribution in [2.45, 2.75) is 32.2 Å². The fourth-order valence-electron chi connectivity index (χ4n) is 2.96. The number of rotatable bonds is 7. The summed E-state index contributed by atoms with van der Waals surface area (Å²) in [6, 6.07) is 4.97. The molecule has 1 saturated heterocycles. The smallest absolute Gasteiger partial charge is 0.311 e. The molecule has 1 aliphatic rings. The predicted molar refractivity (Wildman–Crippen MR) is 101 cm³/mol. The van der Waals surface area contributed by atoms with Gasteiger partial charge in [-0.25, -0.2) is 0 Å². The highest BCUT2D eigenvalue weighted by Gasteiger charge is 2.22. The van der Waals surface area contributed by atoms with Crippen LogP contribution in [-0.4, -0.2) is 60.5 Å². The molecule has 1 heterocycles. The molecule has 26 heavy (non-hydrogen) atoms. The lowest BCUT2D eigenvalue weighted by molar-refractivity contribution is -0.385. The molecule has 0 radical (unpaired) electrons. The number of nitro benzene ring substituents is 1. The van der Waals surface area contributed by atoms with Gasteiger partial charge in [0.15, 0.2) is 5.75 Å². The minimum atomic E-state index is -0.463. The molecule has 7 nitrogen and oxygen atoms in total. The van der Waals surface area contributed by atoms with Gasteiger partial charge in [0.2, 0.25) is 5.91 Å². The molecule has 0 atom stereocenters. The fourth-order valence-corrected chi connectivity index (χ4v) is 2.96. The Morgan fingerprint density at radius 3 is 2.73 bits per heavy atom. The maximum Gasteiger partial charge on any atom is 0.311 e. The summed E-state index contributed by atoms with van der Waals surface area (Å²) in [6.07, 6.45) is 5.79. The Balaban J connectivity index is 2.05. The zero-order valence-corrected chi connectivity index (χ0v) is 15.7. The third-order valence-corrected chi connectivity index (χ3v) is 4.64. The van der Waals surface area contributed by atoms with E-state index in [1.165, 1.54) is 12.1 Å². The Hall–Kier alpha value is -2.41. The Bertz CT molecular complexity index is 667. The molecule has 7 heteroatoms. The second kappa shape index (κ2) is 9.33. The molecule has 1 aromatic rings. The molecule has 0 bridgehead atoms. The predicted octanol–water partition coefficient (Wildman–Crippen LogP) is 2.95. The Morgan fingerprint density at radius 2 is 2.12 bits per heavy atom. The lowest BCUT2D eigenvalue weighted by atomic mass is 10.0. The summed E-state index contributed by atoms with van der Waals surface area (Å²) in [4.78, 5) is 27.2. The minimum absolute atomic E-state index is 0.0864. The van der Waals surface area contributed by atoms with Gasteiger partial charge in [-0.1, -0.05) is 13.0 Å².